The van der Waals surface area contributed by atoms with Crippen molar-refractivity contribution in [3.8, 4) is 11.5 Å². The highest BCUT2D eigenvalue weighted by molar-refractivity contribution is 6.07. The number of urea groups is 1. The Morgan fingerprint density at radius 1 is 1.21 bits per heavy atom. The summed E-state index contributed by atoms with van der Waals surface area (Å²) >= 11 is 0. The Morgan fingerprint density at radius 3 is 2.55 bits per heavy atom. The van der Waals surface area contributed by atoms with Crippen LogP contribution in [0.3, 0.4) is 0 Å². The van der Waals surface area contributed by atoms with Gasteiger partial charge in [0.2, 0.25) is 0 Å². The van der Waals surface area contributed by atoms with Crippen LogP contribution in [0, 0.1) is 11.3 Å². The largest absolute Gasteiger partial charge is 0.497 e. The fraction of sp³-hybridized carbons (Fsp3) is 0.636. The highest BCUT2D eigenvalue weighted by Gasteiger charge is 2.56. The molecule has 0 bridgehead atoms. The summed E-state index contributed by atoms with van der Waals surface area (Å²) in [5.74, 6) is 1.73. The monoisotopic (exact) mass is 403 g/mol. The lowest BCUT2D eigenvalue weighted by Crippen LogP contribution is -2.54. The van der Waals surface area contributed by atoms with Gasteiger partial charge in [-0.15, -0.1) is 0 Å². The smallest absolute Gasteiger partial charge is 0.326 e. The van der Waals surface area contributed by atoms with Crippen LogP contribution < -0.4 is 14.8 Å². The zero-order chi connectivity index (χ0) is 21.4. The van der Waals surface area contributed by atoms with Crippen molar-refractivity contribution in [2.24, 2.45) is 11.3 Å². The van der Waals surface area contributed by atoms with Crippen molar-refractivity contribution in [2.75, 3.05) is 27.9 Å². The molecule has 0 aromatic heterocycles. The maximum absolute atomic E-state index is 13.3. The van der Waals surface area contributed by atoms with Crippen LogP contribution in [0.1, 0.15) is 45.6 Å². The van der Waals surface area contributed by atoms with E-state index in [1.54, 1.807) is 14.2 Å². The van der Waals surface area contributed by atoms with Crippen LogP contribution in [-0.4, -0.2) is 55.2 Å². The molecule has 0 radical (unpaired) electrons. The molecular formula is C22H33N3O4. The molecule has 2 fully saturated rings. The summed E-state index contributed by atoms with van der Waals surface area (Å²) in [6.07, 6.45) is 2.45. The second kappa shape index (κ2) is 7.86. The summed E-state index contributed by atoms with van der Waals surface area (Å²) < 4.78 is 10.7. The first kappa shape index (κ1) is 21.4. The van der Waals surface area contributed by atoms with E-state index in [2.05, 4.69) is 26.1 Å². The number of nitrogens with one attached hydrogen (secondary N) is 1. The Bertz CT molecular complexity index is 794. The van der Waals surface area contributed by atoms with E-state index in [9.17, 15) is 9.59 Å². The summed E-state index contributed by atoms with van der Waals surface area (Å²) in [4.78, 5) is 29.3. The number of ether oxygens (including phenoxy) is 2. The van der Waals surface area contributed by atoms with E-state index in [4.69, 9.17) is 9.47 Å². The molecule has 2 aliphatic rings. The van der Waals surface area contributed by atoms with Gasteiger partial charge in [-0.1, -0.05) is 26.8 Å². The number of amides is 3. The van der Waals surface area contributed by atoms with Gasteiger partial charge in [0.05, 0.1) is 20.9 Å². The van der Waals surface area contributed by atoms with Gasteiger partial charge in [0.1, 0.15) is 17.0 Å². The SMILES string of the molecule is COc1ccc(CN(C)CN2C(=O)N[C@@]3(C[C@H](C)CC(C)(C)C3)C2=O)c(OC)c1. The minimum Gasteiger partial charge on any atom is -0.497 e. The molecule has 0 unspecified atom stereocenters. The van der Waals surface area contributed by atoms with Gasteiger partial charge in [0, 0.05) is 18.2 Å². The van der Waals surface area contributed by atoms with Crippen molar-refractivity contribution in [3.05, 3.63) is 23.8 Å². The zero-order valence-electron chi connectivity index (χ0n) is 18.4. The predicted molar refractivity (Wildman–Crippen MR) is 111 cm³/mol. The van der Waals surface area contributed by atoms with Crippen LogP contribution in [0.4, 0.5) is 4.79 Å². The second-order valence-corrected chi connectivity index (χ2v) is 9.43. The zero-order valence-corrected chi connectivity index (χ0v) is 18.4. The van der Waals surface area contributed by atoms with Gasteiger partial charge in [-0.2, -0.15) is 0 Å². The van der Waals surface area contributed by atoms with Gasteiger partial charge in [-0.05, 0) is 43.7 Å². The molecule has 7 heteroatoms. The average molecular weight is 404 g/mol. The lowest BCUT2D eigenvalue weighted by Gasteiger charge is -2.43. The van der Waals surface area contributed by atoms with Crippen molar-refractivity contribution >= 4 is 11.9 Å². The predicted octanol–water partition coefficient (Wildman–Crippen LogP) is 3.23. The van der Waals surface area contributed by atoms with Crippen molar-refractivity contribution in [2.45, 2.75) is 52.1 Å². The van der Waals surface area contributed by atoms with Crippen LogP contribution in [0.15, 0.2) is 18.2 Å². The number of benzene rings is 1. The fourth-order valence-electron chi connectivity index (χ4n) is 5.20. The van der Waals surface area contributed by atoms with E-state index in [0.29, 0.717) is 31.1 Å². The number of carbonyl (C=O) groups is 2. The van der Waals surface area contributed by atoms with E-state index in [0.717, 1.165) is 17.7 Å². The Balaban J connectivity index is 1.72. The lowest BCUT2D eigenvalue weighted by atomic mass is 9.64. The standard InChI is InChI=1S/C22H33N3O4/c1-15-10-21(2,3)13-22(11-15)19(26)25(20(27)23-22)14-24(4)12-16-7-8-17(28-5)9-18(16)29-6/h7-9,15H,10-14H2,1-6H3,(H,23,27)/t15-,22-/m1/s1. The topological polar surface area (TPSA) is 71.1 Å². The van der Waals surface area contributed by atoms with Crippen molar-refractivity contribution < 1.29 is 19.1 Å². The van der Waals surface area contributed by atoms with Crippen LogP contribution in [0.2, 0.25) is 0 Å². The van der Waals surface area contributed by atoms with Crippen LogP contribution in [0.25, 0.3) is 0 Å². The lowest BCUT2D eigenvalue weighted by molar-refractivity contribution is -0.136. The molecule has 1 heterocycles. The maximum Gasteiger partial charge on any atom is 0.326 e. The molecule has 7 nitrogen and oxygen atoms in total. The first-order valence-corrected chi connectivity index (χ1v) is 10.1. The van der Waals surface area contributed by atoms with Crippen molar-refractivity contribution in [1.82, 2.24) is 15.1 Å². The van der Waals surface area contributed by atoms with E-state index in [1.807, 2.05) is 30.1 Å². The van der Waals surface area contributed by atoms with E-state index < -0.39 is 5.54 Å². The third-order valence-corrected chi connectivity index (χ3v) is 5.94. The Labute approximate surface area is 173 Å². The highest BCUT2D eigenvalue weighted by Crippen LogP contribution is 2.46. The molecule has 29 heavy (non-hydrogen) atoms. The first-order chi connectivity index (χ1) is 13.6. The molecule has 160 valence electrons. The molecule has 1 saturated heterocycles. The minimum absolute atomic E-state index is 0.0268. The number of carbonyl (C=O) groups excluding carboxylic acids is 2. The molecule has 3 rings (SSSR count). The Morgan fingerprint density at radius 2 is 1.93 bits per heavy atom. The number of imide groups is 1. The number of nitrogens with zero attached hydrogens (tertiary/aromatic N) is 2. The Kier molecular flexibility index (Phi) is 5.81. The van der Waals surface area contributed by atoms with E-state index >= 15 is 0 Å². The maximum atomic E-state index is 13.3. The first-order valence-electron chi connectivity index (χ1n) is 10.1. The molecule has 2 atom stereocenters. The van der Waals surface area contributed by atoms with Crippen molar-refractivity contribution in [1.29, 1.82) is 0 Å². The third kappa shape index (κ3) is 4.34. The molecule has 1 saturated carbocycles. The van der Waals surface area contributed by atoms with Gasteiger partial charge < -0.3 is 14.8 Å². The van der Waals surface area contributed by atoms with E-state index in [-0.39, 0.29) is 24.0 Å². The molecule has 1 aliphatic carbocycles. The molecule has 1 aromatic carbocycles. The number of hydrogen-bond donors (Lipinski definition) is 1. The van der Waals surface area contributed by atoms with E-state index in [1.165, 1.54) is 4.90 Å². The Hall–Kier alpha value is -2.28. The summed E-state index contributed by atoms with van der Waals surface area (Å²) in [5.41, 5.74) is 0.223. The summed E-state index contributed by atoms with van der Waals surface area (Å²) in [5, 5.41) is 3.03. The second-order valence-electron chi connectivity index (χ2n) is 9.43. The number of methoxy groups -OCH3 is 2. The minimum atomic E-state index is -0.767. The molecule has 1 spiro atoms. The van der Waals surface area contributed by atoms with Gasteiger partial charge in [0.15, 0.2) is 0 Å². The molecule has 3 amide bonds. The molecule has 1 aromatic rings. The summed E-state index contributed by atoms with van der Waals surface area (Å²) in [6, 6.07) is 5.35. The van der Waals surface area contributed by atoms with Gasteiger partial charge in [-0.25, -0.2) is 9.69 Å². The summed E-state index contributed by atoms with van der Waals surface area (Å²) in [7, 11) is 5.12. The number of rotatable bonds is 6. The van der Waals surface area contributed by atoms with Gasteiger partial charge >= 0.3 is 6.03 Å². The quantitative estimate of drug-likeness (QED) is 0.739. The molecular weight excluding hydrogens is 370 g/mol. The molecule has 1 N–H and O–H groups in total. The average Bonchev–Trinajstić information content (AvgIpc) is 2.83. The number of hydrogen-bond acceptors (Lipinski definition) is 5. The van der Waals surface area contributed by atoms with Crippen molar-refractivity contribution in [3.63, 3.8) is 0 Å². The van der Waals surface area contributed by atoms with Gasteiger partial charge in [0.25, 0.3) is 5.91 Å². The van der Waals surface area contributed by atoms with Crippen LogP contribution in [-0.2, 0) is 11.3 Å². The third-order valence-electron chi connectivity index (χ3n) is 5.94. The fourth-order valence-corrected chi connectivity index (χ4v) is 5.20. The summed E-state index contributed by atoms with van der Waals surface area (Å²) in [6.45, 7) is 7.28. The molecule has 1 aliphatic heterocycles. The van der Waals surface area contributed by atoms with Crippen LogP contribution in [0.5, 0.6) is 11.5 Å². The van der Waals surface area contributed by atoms with Gasteiger partial charge in [-0.3, -0.25) is 9.69 Å². The normalized spacial score (nSPS) is 26.2. The van der Waals surface area contributed by atoms with Crippen LogP contribution >= 0.6 is 0 Å². The highest BCUT2D eigenvalue weighted by atomic mass is 16.5.